The molecule has 8 heteroatoms. The lowest BCUT2D eigenvalue weighted by atomic mass is 10.1. The standard InChI is InChI=1S/C9H12ClN5O2/c1-17-9-14-7(10)13-8(15-9)12-5-3-2-4-11-6(5)16/h5H,2-4H2,1H3,(H,11,16)(H,12,13,14,15). The molecule has 1 fully saturated rings. The molecule has 0 radical (unpaired) electrons. The molecule has 2 heterocycles. The summed E-state index contributed by atoms with van der Waals surface area (Å²) in [7, 11) is 1.43. The van der Waals surface area contributed by atoms with Gasteiger partial charge in [0.15, 0.2) is 0 Å². The van der Waals surface area contributed by atoms with Crippen LogP contribution in [0.2, 0.25) is 5.28 Å². The lowest BCUT2D eigenvalue weighted by molar-refractivity contribution is -0.123. The number of rotatable bonds is 3. The van der Waals surface area contributed by atoms with E-state index in [4.69, 9.17) is 16.3 Å². The molecule has 0 aromatic carbocycles. The third-order valence-corrected chi connectivity index (χ3v) is 2.53. The molecular formula is C9H12ClN5O2. The molecule has 17 heavy (non-hydrogen) atoms. The predicted octanol–water partition coefficient (Wildman–Crippen LogP) is 0.224. The van der Waals surface area contributed by atoms with Crippen molar-refractivity contribution in [3.8, 4) is 6.01 Å². The molecule has 1 aliphatic rings. The van der Waals surface area contributed by atoms with Crippen LogP contribution in [0.1, 0.15) is 12.8 Å². The Morgan fingerprint density at radius 3 is 3.00 bits per heavy atom. The average Bonchev–Trinajstić information content (AvgIpc) is 2.31. The Kier molecular flexibility index (Phi) is 3.58. The van der Waals surface area contributed by atoms with E-state index in [0.29, 0.717) is 6.54 Å². The first-order valence-corrected chi connectivity index (χ1v) is 5.56. The van der Waals surface area contributed by atoms with E-state index in [0.717, 1.165) is 12.8 Å². The molecule has 2 N–H and O–H groups in total. The van der Waals surface area contributed by atoms with Crippen molar-refractivity contribution in [2.45, 2.75) is 18.9 Å². The molecule has 0 spiro atoms. The maximum absolute atomic E-state index is 11.5. The zero-order valence-corrected chi connectivity index (χ0v) is 9.99. The van der Waals surface area contributed by atoms with E-state index in [2.05, 4.69) is 25.6 Å². The highest BCUT2D eigenvalue weighted by Crippen LogP contribution is 2.14. The minimum Gasteiger partial charge on any atom is -0.467 e. The molecule has 1 saturated heterocycles. The van der Waals surface area contributed by atoms with E-state index in [1.807, 2.05) is 0 Å². The minimum atomic E-state index is -0.341. The van der Waals surface area contributed by atoms with Gasteiger partial charge in [-0.3, -0.25) is 4.79 Å². The van der Waals surface area contributed by atoms with Gasteiger partial charge in [-0.1, -0.05) is 0 Å². The van der Waals surface area contributed by atoms with Gasteiger partial charge >= 0.3 is 6.01 Å². The summed E-state index contributed by atoms with van der Waals surface area (Å²) in [5, 5.41) is 5.69. The van der Waals surface area contributed by atoms with Gasteiger partial charge in [-0.15, -0.1) is 0 Å². The molecule has 2 rings (SSSR count). The van der Waals surface area contributed by atoms with Gasteiger partial charge < -0.3 is 15.4 Å². The number of halogens is 1. The van der Waals surface area contributed by atoms with Crippen LogP contribution in [0, 0.1) is 0 Å². The number of hydrogen-bond acceptors (Lipinski definition) is 6. The topological polar surface area (TPSA) is 89.0 Å². The van der Waals surface area contributed by atoms with Gasteiger partial charge in [0.05, 0.1) is 7.11 Å². The lowest BCUT2D eigenvalue weighted by Crippen LogP contribution is -2.44. The first-order valence-electron chi connectivity index (χ1n) is 5.19. The summed E-state index contributed by atoms with van der Waals surface area (Å²) in [4.78, 5) is 23.1. The molecule has 0 aliphatic carbocycles. The normalized spacial score (nSPS) is 19.6. The Morgan fingerprint density at radius 1 is 1.47 bits per heavy atom. The van der Waals surface area contributed by atoms with Crippen molar-refractivity contribution in [2.24, 2.45) is 0 Å². The Morgan fingerprint density at radius 2 is 2.29 bits per heavy atom. The molecule has 1 unspecified atom stereocenters. The summed E-state index contributed by atoms with van der Waals surface area (Å²) in [5.74, 6) is 0.177. The molecule has 7 nitrogen and oxygen atoms in total. The minimum absolute atomic E-state index is 0.0237. The number of hydrogen-bond donors (Lipinski definition) is 2. The summed E-state index contributed by atoms with van der Waals surface area (Å²) >= 11 is 5.70. The smallest absolute Gasteiger partial charge is 0.322 e. The molecule has 1 aromatic heterocycles. The lowest BCUT2D eigenvalue weighted by Gasteiger charge is -2.22. The second kappa shape index (κ2) is 5.13. The van der Waals surface area contributed by atoms with Gasteiger partial charge in [-0.05, 0) is 24.4 Å². The first kappa shape index (κ1) is 11.8. The number of carbonyl (C=O) groups excluding carboxylic acids is 1. The summed E-state index contributed by atoms with van der Waals surface area (Å²) < 4.78 is 4.86. The molecule has 1 aromatic rings. The zero-order chi connectivity index (χ0) is 12.3. The number of nitrogens with zero attached hydrogens (tertiary/aromatic N) is 3. The van der Waals surface area contributed by atoms with Crippen molar-refractivity contribution in [1.82, 2.24) is 20.3 Å². The Balaban J connectivity index is 2.11. The third kappa shape index (κ3) is 2.94. The van der Waals surface area contributed by atoms with Crippen LogP contribution in [0.15, 0.2) is 0 Å². The summed E-state index contributed by atoms with van der Waals surface area (Å²) in [5.41, 5.74) is 0. The van der Waals surface area contributed by atoms with E-state index in [1.54, 1.807) is 0 Å². The highest BCUT2D eigenvalue weighted by molar-refractivity contribution is 6.28. The van der Waals surface area contributed by atoms with Gasteiger partial charge in [0.25, 0.3) is 0 Å². The fraction of sp³-hybridized carbons (Fsp3) is 0.556. The molecule has 92 valence electrons. The van der Waals surface area contributed by atoms with Crippen LogP contribution >= 0.6 is 11.6 Å². The van der Waals surface area contributed by atoms with Crippen LogP contribution in [0.4, 0.5) is 5.95 Å². The van der Waals surface area contributed by atoms with Crippen molar-refractivity contribution in [3.05, 3.63) is 5.28 Å². The van der Waals surface area contributed by atoms with Crippen molar-refractivity contribution in [2.75, 3.05) is 19.0 Å². The maximum atomic E-state index is 11.5. The highest BCUT2D eigenvalue weighted by Gasteiger charge is 2.22. The second-order valence-corrected chi connectivity index (χ2v) is 3.88. The Bertz CT molecular complexity index is 428. The van der Waals surface area contributed by atoms with Crippen LogP contribution in [-0.4, -0.2) is 40.6 Å². The van der Waals surface area contributed by atoms with Gasteiger partial charge in [-0.25, -0.2) is 0 Å². The first-order chi connectivity index (χ1) is 8.19. The number of ether oxygens (including phenoxy) is 1. The quantitative estimate of drug-likeness (QED) is 0.806. The number of piperidine rings is 1. The van der Waals surface area contributed by atoms with Crippen molar-refractivity contribution >= 4 is 23.5 Å². The van der Waals surface area contributed by atoms with E-state index < -0.39 is 0 Å². The maximum Gasteiger partial charge on any atom is 0.322 e. The molecule has 0 saturated carbocycles. The second-order valence-electron chi connectivity index (χ2n) is 3.54. The molecule has 1 atom stereocenters. The van der Waals surface area contributed by atoms with Gasteiger partial charge in [0.1, 0.15) is 6.04 Å². The number of methoxy groups -OCH3 is 1. The Hall–Kier alpha value is -1.63. The van der Waals surface area contributed by atoms with Crippen LogP contribution in [0.3, 0.4) is 0 Å². The van der Waals surface area contributed by atoms with Crippen molar-refractivity contribution in [1.29, 1.82) is 0 Å². The number of carbonyl (C=O) groups is 1. The van der Waals surface area contributed by atoms with E-state index in [9.17, 15) is 4.79 Å². The van der Waals surface area contributed by atoms with Crippen LogP contribution < -0.4 is 15.4 Å². The molecule has 1 amide bonds. The van der Waals surface area contributed by atoms with Crippen LogP contribution in [0.25, 0.3) is 0 Å². The average molecular weight is 258 g/mol. The number of amides is 1. The number of aromatic nitrogens is 3. The number of anilines is 1. The fourth-order valence-corrected chi connectivity index (χ4v) is 1.71. The van der Waals surface area contributed by atoms with Crippen molar-refractivity contribution in [3.63, 3.8) is 0 Å². The van der Waals surface area contributed by atoms with Gasteiger partial charge in [0, 0.05) is 6.54 Å². The van der Waals surface area contributed by atoms with E-state index >= 15 is 0 Å². The van der Waals surface area contributed by atoms with Crippen molar-refractivity contribution < 1.29 is 9.53 Å². The number of nitrogens with one attached hydrogen (secondary N) is 2. The Labute approximate surface area is 103 Å². The fourth-order valence-electron chi connectivity index (χ4n) is 1.55. The van der Waals surface area contributed by atoms with Gasteiger partial charge in [0.2, 0.25) is 17.1 Å². The summed E-state index contributed by atoms with van der Waals surface area (Å²) in [6.45, 7) is 0.707. The predicted molar refractivity (Wildman–Crippen MR) is 61.0 cm³/mol. The molecule has 1 aliphatic heterocycles. The SMILES string of the molecule is COc1nc(Cl)nc(NC2CCCNC2=O)n1. The van der Waals surface area contributed by atoms with Crippen LogP contribution in [-0.2, 0) is 4.79 Å². The largest absolute Gasteiger partial charge is 0.467 e. The summed E-state index contributed by atoms with van der Waals surface area (Å²) in [6.07, 6.45) is 1.65. The molecule has 0 bridgehead atoms. The van der Waals surface area contributed by atoms with E-state index in [1.165, 1.54) is 7.11 Å². The monoisotopic (exact) mass is 257 g/mol. The summed E-state index contributed by atoms with van der Waals surface area (Å²) in [6, 6.07) is -0.226. The molecular weight excluding hydrogens is 246 g/mol. The highest BCUT2D eigenvalue weighted by atomic mass is 35.5. The third-order valence-electron chi connectivity index (χ3n) is 2.36. The zero-order valence-electron chi connectivity index (χ0n) is 9.23. The van der Waals surface area contributed by atoms with Crippen LogP contribution in [0.5, 0.6) is 6.01 Å². The van der Waals surface area contributed by atoms with Gasteiger partial charge in [-0.2, -0.15) is 15.0 Å². The van der Waals surface area contributed by atoms with E-state index in [-0.39, 0.29) is 29.2 Å².